The molecule has 1 aromatic rings. The van der Waals surface area contributed by atoms with E-state index in [2.05, 4.69) is 13.8 Å². The molecular formula is C13H24O3. The summed E-state index contributed by atoms with van der Waals surface area (Å²) in [6.45, 7) is 6.29. The van der Waals surface area contributed by atoms with Crippen LogP contribution in [0.5, 0.6) is 11.5 Å². The van der Waals surface area contributed by atoms with Gasteiger partial charge in [-0.15, -0.1) is 0 Å². The summed E-state index contributed by atoms with van der Waals surface area (Å²) in [5, 5.41) is 16.4. The van der Waals surface area contributed by atoms with Crippen LogP contribution >= 0.6 is 0 Å². The maximum Gasteiger partial charge on any atom is 0.119 e. The normalized spacial score (nSPS) is 8.06. The molecule has 0 saturated carbocycles. The fraction of sp³-hybridized carbons (Fsp3) is 0.538. The van der Waals surface area contributed by atoms with Crippen LogP contribution in [0.15, 0.2) is 24.3 Å². The number of rotatable bonds is 2. The van der Waals surface area contributed by atoms with E-state index in [0.29, 0.717) is 0 Å². The van der Waals surface area contributed by atoms with Crippen molar-refractivity contribution in [3.05, 3.63) is 24.3 Å². The number of ether oxygens (including phenoxy) is 1. The standard InChI is InChI=1S/C7H8O2.C4H10.C2H6O/c1-9-7-4-2-6(8)3-5-7;1-3-4-2;1-2-3/h2-5,8H,1H3;3-4H2,1-2H3;3H,2H2,1H3. The fourth-order valence-electron chi connectivity index (χ4n) is 0.582. The molecule has 0 fully saturated rings. The van der Waals surface area contributed by atoms with E-state index in [1.807, 2.05) is 0 Å². The molecule has 0 aliphatic carbocycles. The van der Waals surface area contributed by atoms with Crippen molar-refractivity contribution >= 4 is 0 Å². The Morgan fingerprint density at radius 3 is 1.62 bits per heavy atom. The fourth-order valence-corrected chi connectivity index (χ4v) is 0.582. The van der Waals surface area contributed by atoms with Crippen molar-refractivity contribution in [2.75, 3.05) is 13.7 Å². The minimum atomic E-state index is 0.250. The van der Waals surface area contributed by atoms with Gasteiger partial charge in [0.15, 0.2) is 0 Å². The van der Waals surface area contributed by atoms with Gasteiger partial charge in [-0.3, -0.25) is 0 Å². The van der Waals surface area contributed by atoms with Crippen LogP contribution in [0.3, 0.4) is 0 Å². The Bertz CT molecular complexity index is 217. The lowest BCUT2D eigenvalue weighted by molar-refractivity contribution is 0.318. The summed E-state index contributed by atoms with van der Waals surface area (Å²) in [7, 11) is 1.59. The van der Waals surface area contributed by atoms with Gasteiger partial charge in [-0.05, 0) is 31.2 Å². The monoisotopic (exact) mass is 228 g/mol. The first-order chi connectivity index (χ1) is 7.65. The molecule has 0 amide bonds. The molecule has 0 unspecified atom stereocenters. The molecule has 0 aromatic heterocycles. The highest BCUT2D eigenvalue weighted by atomic mass is 16.5. The van der Waals surface area contributed by atoms with Crippen molar-refractivity contribution < 1.29 is 14.9 Å². The number of phenolic OH excluding ortho intramolecular Hbond substituents is 1. The molecule has 1 aromatic carbocycles. The minimum absolute atomic E-state index is 0.250. The Morgan fingerprint density at radius 1 is 1.00 bits per heavy atom. The maximum absolute atomic E-state index is 8.80. The third-order valence-corrected chi connectivity index (χ3v) is 1.57. The number of unbranched alkanes of at least 4 members (excludes halogenated alkanes) is 1. The largest absolute Gasteiger partial charge is 0.508 e. The lowest BCUT2D eigenvalue weighted by atomic mass is 10.3. The number of hydrogen-bond acceptors (Lipinski definition) is 3. The second-order valence-corrected chi connectivity index (χ2v) is 3.01. The van der Waals surface area contributed by atoms with Crippen LogP contribution in [0.25, 0.3) is 0 Å². The van der Waals surface area contributed by atoms with Gasteiger partial charge in [0.1, 0.15) is 11.5 Å². The van der Waals surface area contributed by atoms with Gasteiger partial charge in [-0.25, -0.2) is 0 Å². The number of hydrogen-bond donors (Lipinski definition) is 2. The maximum atomic E-state index is 8.80. The van der Waals surface area contributed by atoms with E-state index in [4.69, 9.17) is 14.9 Å². The molecule has 0 aliphatic rings. The quantitative estimate of drug-likeness (QED) is 0.817. The lowest BCUT2D eigenvalue weighted by Gasteiger charge is -1.96. The molecular weight excluding hydrogens is 204 g/mol. The summed E-state index contributed by atoms with van der Waals surface area (Å²) >= 11 is 0. The molecule has 3 nitrogen and oxygen atoms in total. The SMILES string of the molecule is CCCC.CCO.COc1ccc(O)cc1. The molecule has 0 heterocycles. The predicted octanol–water partition coefficient (Wildman–Crippen LogP) is 3.21. The van der Waals surface area contributed by atoms with Crippen molar-refractivity contribution in [3.63, 3.8) is 0 Å². The molecule has 16 heavy (non-hydrogen) atoms. The number of methoxy groups -OCH3 is 1. The minimum Gasteiger partial charge on any atom is -0.508 e. The summed E-state index contributed by atoms with van der Waals surface area (Å²) in [6, 6.07) is 6.57. The van der Waals surface area contributed by atoms with Gasteiger partial charge < -0.3 is 14.9 Å². The third kappa shape index (κ3) is 12.8. The van der Waals surface area contributed by atoms with Crippen LogP contribution in [0.4, 0.5) is 0 Å². The van der Waals surface area contributed by atoms with Crippen LogP contribution < -0.4 is 4.74 Å². The smallest absolute Gasteiger partial charge is 0.119 e. The van der Waals surface area contributed by atoms with Crippen LogP contribution in [-0.2, 0) is 0 Å². The van der Waals surface area contributed by atoms with E-state index in [1.54, 1.807) is 38.3 Å². The first-order valence-electron chi connectivity index (χ1n) is 5.59. The average molecular weight is 228 g/mol. The molecule has 0 bridgehead atoms. The van der Waals surface area contributed by atoms with Crippen molar-refractivity contribution in [2.24, 2.45) is 0 Å². The lowest BCUT2D eigenvalue weighted by Crippen LogP contribution is -1.79. The van der Waals surface area contributed by atoms with Crippen molar-refractivity contribution in [2.45, 2.75) is 33.6 Å². The molecule has 94 valence electrons. The summed E-state index contributed by atoms with van der Waals surface area (Å²) in [6.07, 6.45) is 2.64. The van der Waals surface area contributed by atoms with Gasteiger partial charge in [0.2, 0.25) is 0 Å². The molecule has 1 rings (SSSR count). The molecule has 0 aliphatic heterocycles. The van der Waals surface area contributed by atoms with Gasteiger partial charge in [0, 0.05) is 6.61 Å². The van der Waals surface area contributed by atoms with Crippen LogP contribution in [0, 0.1) is 0 Å². The molecule has 0 spiro atoms. The Hall–Kier alpha value is -1.22. The Balaban J connectivity index is 0. The summed E-state index contributed by atoms with van der Waals surface area (Å²) < 4.78 is 4.86. The number of aliphatic hydroxyl groups is 1. The van der Waals surface area contributed by atoms with Gasteiger partial charge in [-0.1, -0.05) is 26.7 Å². The zero-order chi connectivity index (χ0) is 12.8. The Labute approximate surface area is 98.7 Å². The Kier molecular flexibility index (Phi) is 14.8. The number of phenols is 1. The average Bonchev–Trinajstić information content (AvgIpc) is 2.31. The topological polar surface area (TPSA) is 49.7 Å². The molecule has 2 N–H and O–H groups in total. The highest BCUT2D eigenvalue weighted by molar-refractivity contribution is 5.29. The summed E-state index contributed by atoms with van der Waals surface area (Å²) in [5.41, 5.74) is 0. The van der Waals surface area contributed by atoms with Gasteiger partial charge in [0.05, 0.1) is 7.11 Å². The predicted molar refractivity (Wildman–Crippen MR) is 68.0 cm³/mol. The van der Waals surface area contributed by atoms with E-state index in [1.165, 1.54) is 12.8 Å². The summed E-state index contributed by atoms with van der Waals surface area (Å²) in [5.74, 6) is 1.02. The third-order valence-electron chi connectivity index (χ3n) is 1.57. The van der Waals surface area contributed by atoms with Crippen molar-refractivity contribution in [1.29, 1.82) is 0 Å². The number of benzene rings is 1. The second-order valence-electron chi connectivity index (χ2n) is 3.01. The van der Waals surface area contributed by atoms with E-state index in [0.717, 1.165) is 5.75 Å². The van der Waals surface area contributed by atoms with Crippen LogP contribution in [0.1, 0.15) is 33.6 Å². The zero-order valence-corrected chi connectivity index (χ0v) is 10.7. The molecule has 0 radical (unpaired) electrons. The number of aliphatic hydroxyl groups excluding tert-OH is 1. The van der Waals surface area contributed by atoms with E-state index in [9.17, 15) is 0 Å². The molecule has 0 atom stereocenters. The molecule has 3 heteroatoms. The first-order valence-corrected chi connectivity index (χ1v) is 5.59. The first kappa shape index (κ1) is 17.2. The van der Waals surface area contributed by atoms with E-state index < -0.39 is 0 Å². The highest BCUT2D eigenvalue weighted by Crippen LogP contribution is 2.14. The second kappa shape index (κ2) is 13.8. The van der Waals surface area contributed by atoms with Crippen molar-refractivity contribution in [3.8, 4) is 11.5 Å². The molecule has 0 saturated heterocycles. The highest BCUT2D eigenvalue weighted by Gasteiger charge is 1.87. The van der Waals surface area contributed by atoms with Crippen molar-refractivity contribution in [1.82, 2.24) is 0 Å². The van der Waals surface area contributed by atoms with E-state index >= 15 is 0 Å². The van der Waals surface area contributed by atoms with Gasteiger partial charge >= 0.3 is 0 Å². The van der Waals surface area contributed by atoms with Gasteiger partial charge in [0.25, 0.3) is 0 Å². The van der Waals surface area contributed by atoms with E-state index in [-0.39, 0.29) is 12.4 Å². The van der Waals surface area contributed by atoms with Gasteiger partial charge in [-0.2, -0.15) is 0 Å². The van der Waals surface area contributed by atoms with Crippen LogP contribution in [-0.4, -0.2) is 23.9 Å². The van der Waals surface area contributed by atoms with Crippen LogP contribution in [0.2, 0.25) is 0 Å². The Morgan fingerprint density at radius 2 is 1.38 bits per heavy atom. The summed E-state index contributed by atoms with van der Waals surface area (Å²) in [4.78, 5) is 0. The number of aromatic hydroxyl groups is 1. The zero-order valence-electron chi connectivity index (χ0n) is 10.7.